The summed E-state index contributed by atoms with van der Waals surface area (Å²) in [6, 6.07) is 10.9. The third-order valence-corrected chi connectivity index (χ3v) is 5.29. The molecule has 4 aromatic rings. The van der Waals surface area contributed by atoms with Gasteiger partial charge in [-0.15, -0.1) is 11.3 Å². The third-order valence-electron chi connectivity index (χ3n) is 4.05. The number of alkyl halides is 3. The zero-order valence-corrected chi connectivity index (χ0v) is 16.5. The van der Waals surface area contributed by atoms with Gasteiger partial charge in [-0.1, -0.05) is 28.1 Å². The SMILES string of the molecule is FC(F)(F)c1ccc(-c2csc(N/N=C/c3c[nH]c4ccc(Br)cc34)n2)cc1. The molecular weight excluding hydrogens is 453 g/mol. The second-order valence-electron chi connectivity index (χ2n) is 5.92. The van der Waals surface area contributed by atoms with Crippen LogP contribution in [0, 0.1) is 0 Å². The van der Waals surface area contributed by atoms with E-state index in [0.717, 1.165) is 33.1 Å². The molecule has 2 N–H and O–H groups in total. The van der Waals surface area contributed by atoms with Gasteiger partial charge in [0.15, 0.2) is 0 Å². The molecule has 2 heterocycles. The number of fused-ring (bicyclic) bond motifs is 1. The van der Waals surface area contributed by atoms with Crippen molar-refractivity contribution in [3.05, 3.63) is 69.6 Å². The van der Waals surface area contributed by atoms with Crippen LogP contribution in [0.15, 0.2) is 63.6 Å². The molecule has 0 aliphatic rings. The molecule has 0 saturated carbocycles. The number of hydrogen-bond donors (Lipinski definition) is 2. The summed E-state index contributed by atoms with van der Waals surface area (Å²) in [5, 5.41) is 7.55. The number of halogens is 4. The standard InChI is InChI=1S/C19H12BrF3N4S/c20-14-5-6-16-15(7-14)12(8-24-16)9-25-27-18-26-17(10-28-18)11-1-3-13(4-2-11)19(21,22)23/h1-10,24H,(H,26,27)/b25-9+. The highest BCUT2D eigenvalue weighted by atomic mass is 79.9. The molecule has 0 bridgehead atoms. The van der Waals surface area contributed by atoms with Gasteiger partial charge in [0.25, 0.3) is 0 Å². The molecule has 142 valence electrons. The predicted molar refractivity (Wildman–Crippen MR) is 110 cm³/mol. The van der Waals surface area contributed by atoms with Gasteiger partial charge in [-0.2, -0.15) is 18.3 Å². The topological polar surface area (TPSA) is 53.1 Å². The normalized spacial score (nSPS) is 12.1. The van der Waals surface area contributed by atoms with Crippen LogP contribution in [0.3, 0.4) is 0 Å². The quantitative estimate of drug-likeness (QED) is 0.266. The summed E-state index contributed by atoms with van der Waals surface area (Å²) in [6.07, 6.45) is -0.803. The highest BCUT2D eigenvalue weighted by Gasteiger charge is 2.30. The van der Waals surface area contributed by atoms with Crippen LogP contribution < -0.4 is 5.43 Å². The van der Waals surface area contributed by atoms with E-state index in [1.807, 2.05) is 24.4 Å². The highest BCUT2D eigenvalue weighted by Crippen LogP contribution is 2.31. The van der Waals surface area contributed by atoms with Crippen molar-refractivity contribution >= 4 is 49.5 Å². The Morgan fingerprint density at radius 3 is 2.68 bits per heavy atom. The van der Waals surface area contributed by atoms with Crippen LogP contribution in [-0.4, -0.2) is 16.2 Å². The van der Waals surface area contributed by atoms with Crippen molar-refractivity contribution in [2.75, 3.05) is 5.43 Å². The van der Waals surface area contributed by atoms with Crippen molar-refractivity contribution in [3.63, 3.8) is 0 Å². The van der Waals surface area contributed by atoms with Gasteiger partial charge in [-0.05, 0) is 30.3 Å². The number of aromatic nitrogens is 2. The molecule has 0 fully saturated rings. The number of aromatic amines is 1. The first-order chi connectivity index (χ1) is 13.4. The fraction of sp³-hybridized carbons (Fsp3) is 0.0526. The number of hydrazone groups is 1. The lowest BCUT2D eigenvalue weighted by Crippen LogP contribution is -2.03. The maximum absolute atomic E-state index is 12.7. The van der Waals surface area contributed by atoms with Crippen molar-refractivity contribution in [2.45, 2.75) is 6.18 Å². The Balaban J connectivity index is 1.47. The van der Waals surface area contributed by atoms with Gasteiger partial charge in [-0.3, -0.25) is 5.43 Å². The van der Waals surface area contributed by atoms with Gasteiger partial charge >= 0.3 is 6.18 Å². The van der Waals surface area contributed by atoms with Gasteiger partial charge in [0.2, 0.25) is 5.13 Å². The van der Waals surface area contributed by atoms with Gasteiger partial charge in [-0.25, -0.2) is 4.98 Å². The van der Waals surface area contributed by atoms with Gasteiger partial charge in [0, 0.05) is 38.1 Å². The zero-order valence-electron chi connectivity index (χ0n) is 14.1. The summed E-state index contributed by atoms with van der Waals surface area (Å²) in [4.78, 5) is 7.54. The minimum absolute atomic E-state index is 0.548. The van der Waals surface area contributed by atoms with E-state index in [1.165, 1.54) is 23.5 Å². The summed E-state index contributed by atoms with van der Waals surface area (Å²) < 4.78 is 38.9. The summed E-state index contributed by atoms with van der Waals surface area (Å²) in [7, 11) is 0. The Hall–Kier alpha value is -2.65. The molecule has 0 aliphatic carbocycles. The number of hydrogen-bond acceptors (Lipinski definition) is 4. The van der Waals surface area contributed by atoms with E-state index in [4.69, 9.17) is 0 Å². The number of H-pyrrole nitrogens is 1. The number of rotatable bonds is 4. The first-order valence-corrected chi connectivity index (χ1v) is 9.76. The second-order valence-corrected chi connectivity index (χ2v) is 7.69. The Morgan fingerprint density at radius 2 is 1.93 bits per heavy atom. The largest absolute Gasteiger partial charge is 0.416 e. The van der Waals surface area contributed by atoms with E-state index in [9.17, 15) is 13.2 Å². The van der Waals surface area contributed by atoms with Crippen molar-refractivity contribution in [1.29, 1.82) is 0 Å². The average Bonchev–Trinajstić information content (AvgIpc) is 3.29. The van der Waals surface area contributed by atoms with Crippen LogP contribution in [0.1, 0.15) is 11.1 Å². The molecule has 4 nitrogen and oxygen atoms in total. The maximum atomic E-state index is 12.7. The van der Waals surface area contributed by atoms with Crippen LogP contribution in [0.4, 0.5) is 18.3 Å². The number of anilines is 1. The molecule has 9 heteroatoms. The van der Waals surface area contributed by atoms with E-state index in [-0.39, 0.29) is 0 Å². The second kappa shape index (κ2) is 7.40. The monoisotopic (exact) mass is 464 g/mol. The van der Waals surface area contributed by atoms with Crippen molar-refractivity contribution in [3.8, 4) is 11.3 Å². The van der Waals surface area contributed by atoms with E-state index in [0.29, 0.717) is 16.4 Å². The number of thiazole rings is 1. The summed E-state index contributed by atoms with van der Waals surface area (Å²) >= 11 is 4.78. The third kappa shape index (κ3) is 3.95. The van der Waals surface area contributed by atoms with Gasteiger partial charge in [0.05, 0.1) is 17.5 Å². The van der Waals surface area contributed by atoms with Crippen LogP contribution in [-0.2, 0) is 6.18 Å². The van der Waals surface area contributed by atoms with E-state index >= 15 is 0 Å². The number of nitrogens with one attached hydrogen (secondary N) is 2. The van der Waals surface area contributed by atoms with E-state index in [1.54, 1.807) is 11.6 Å². The first kappa shape index (κ1) is 18.7. The minimum Gasteiger partial charge on any atom is -0.361 e. The highest BCUT2D eigenvalue weighted by molar-refractivity contribution is 9.10. The van der Waals surface area contributed by atoms with Gasteiger partial charge < -0.3 is 4.98 Å². The van der Waals surface area contributed by atoms with E-state index in [2.05, 4.69) is 36.4 Å². The molecule has 0 aliphatic heterocycles. The summed E-state index contributed by atoms with van der Waals surface area (Å²) in [6.45, 7) is 0. The zero-order chi connectivity index (χ0) is 19.7. The molecule has 0 radical (unpaired) electrons. The molecule has 2 aromatic heterocycles. The van der Waals surface area contributed by atoms with Crippen LogP contribution in [0.2, 0.25) is 0 Å². The van der Waals surface area contributed by atoms with Crippen LogP contribution >= 0.6 is 27.3 Å². The minimum atomic E-state index is -4.35. The molecule has 0 atom stereocenters. The smallest absolute Gasteiger partial charge is 0.361 e. The van der Waals surface area contributed by atoms with Crippen LogP contribution in [0.5, 0.6) is 0 Å². The molecular formula is C19H12BrF3N4S. The molecule has 0 spiro atoms. The summed E-state index contributed by atoms with van der Waals surface area (Å²) in [5.41, 5.74) is 5.31. The molecule has 4 rings (SSSR count). The Morgan fingerprint density at radius 1 is 1.14 bits per heavy atom. The van der Waals surface area contributed by atoms with Crippen molar-refractivity contribution in [2.24, 2.45) is 5.10 Å². The fourth-order valence-electron chi connectivity index (χ4n) is 2.67. The lowest BCUT2D eigenvalue weighted by atomic mass is 10.1. The van der Waals surface area contributed by atoms with Crippen LogP contribution in [0.25, 0.3) is 22.2 Å². The Kier molecular flexibility index (Phi) is 4.94. The Bertz CT molecular complexity index is 1150. The maximum Gasteiger partial charge on any atom is 0.416 e. The number of benzene rings is 2. The molecule has 28 heavy (non-hydrogen) atoms. The van der Waals surface area contributed by atoms with Crippen molar-refractivity contribution < 1.29 is 13.2 Å². The van der Waals surface area contributed by atoms with E-state index < -0.39 is 11.7 Å². The molecule has 0 amide bonds. The molecule has 2 aromatic carbocycles. The fourth-order valence-corrected chi connectivity index (χ4v) is 3.70. The predicted octanol–water partition coefficient (Wildman–Crippen LogP) is 6.52. The van der Waals surface area contributed by atoms with Gasteiger partial charge in [0.1, 0.15) is 0 Å². The average molecular weight is 465 g/mol. The molecule has 0 saturated heterocycles. The first-order valence-electron chi connectivity index (χ1n) is 8.09. The van der Waals surface area contributed by atoms with Crippen molar-refractivity contribution in [1.82, 2.24) is 9.97 Å². The lowest BCUT2D eigenvalue weighted by molar-refractivity contribution is -0.137. The number of nitrogens with zero attached hydrogens (tertiary/aromatic N) is 2. The summed E-state index contributed by atoms with van der Waals surface area (Å²) in [5.74, 6) is 0. The Labute approximate surface area is 170 Å². The lowest BCUT2D eigenvalue weighted by Gasteiger charge is -2.06. The molecule has 0 unspecified atom stereocenters.